The Bertz CT molecular complexity index is 220. The number of hydrogen-bond acceptors (Lipinski definition) is 2. The number of halogens is 1. The highest BCUT2D eigenvalue weighted by Crippen LogP contribution is 2.08. The van der Waals surface area contributed by atoms with Crippen LogP contribution in [0.25, 0.3) is 0 Å². The van der Waals surface area contributed by atoms with Crippen molar-refractivity contribution in [3.63, 3.8) is 0 Å². The molecular formula is C8H10BrNO. The average Bonchev–Trinajstić information content (AvgIpc) is 1.93. The summed E-state index contributed by atoms with van der Waals surface area (Å²) in [5, 5.41) is 9.02. The zero-order chi connectivity index (χ0) is 8.27. The van der Waals surface area contributed by atoms with Crippen LogP contribution in [0.1, 0.15) is 12.6 Å². The third-order valence-corrected chi connectivity index (χ3v) is 1.76. The van der Waals surface area contributed by atoms with E-state index in [-0.39, 0.29) is 6.10 Å². The summed E-state index contributed by atoms with van der Waals surface area (Å²) in [5.74, 6) is 0. The van der Waals surface area contributed by atoms with E-state index in [1.54, 1.807) is 13.1 Å². The molecule has 0 aliphatic rings. The van der Waals surface area contributed by atoms with Gasteiger partial charge in [0.1, 0.15) is 0 Å². The predicted octanol–water partition coefficient (Wildman–Crippen LogP) is 1.77. The molecule has 0 amide bonds. The molecule has 1 heterocycles. The van der Waals surface area contributed by atoms with Gasteiger partial charge in [0.2, 0.25) is 0 Å². The summed E-state index contributed by atoms with van der Waals surface area (Å²) in [7, 11) is 0. The van der Waals surface area contributed by atoms with Crippen molar-refractivity contribution >= 4 is 15.9 Å². The second kappa shape index (κ2) is 3.83. The van der Waals surface area contributed by atoms with Gasteiger partial charge in [-0.15, -0.1) is 0 Å². The van der Waals surface area contributed by atoms with Gasteiger partial charge in [0, 0.05) is 22.8 Å². The van der Waals surface area contributed by atoms with Gasteiger partial charge in [0.05, 0.1) is 6.10 Å². The lowest BCUT2D eigenvalue weighted by atomic mass is 10.2. The highest BCUT2D eigenvalue weighted by molar-refractivity contribution is 9.10. The monoisotopic (exact) mass is 215 g/mol. The van der Waals surface area contributed by atoms with Crippen molar-refractivity contribution in [2.75, 3.05) is 0 Å². The lowest BCUT2D eigenvalue weighted by molar-refractivity contribution is 0.194. The highest BCUT2D eigenvalue weighted by atomic mass is 79.9. The fraction of sp³-hybridized carbons (Fsp3) is 0.375. The molecule has 0 aliphatic heterocycles. The Kier molecular flexibility index (Phi) is 3.02. The number of rotatable bonds is 2. The van der Waals surface area contributed by atoms with E-state index in [9.17, 15) is 0 Å². The third-order valence-electron chi connectivity index (χ3n) is 1.29. The van der Waals surface area contributed by atoms with Gasteiger partial charge in [0.15, 0.2) is 0 Å². The first-order valence-electron chi connectivity index (χ1n) is 3.47. The Morgan fingerprint density at radius 3 is 2.82 bits per heavy atom. The van der Waals surface area contributed by atoms with E-state index in [0.717, 1.165) is 10.2 Å². The Balaban J connectivity index is 2.66. The van der Waals surface area contributed by atoms with Crippen LogP contribution in [0, 0.1) is 0 Å². The number of aliphatic hydroxyl groups is 1. The highest BCUT2D eigenvalue weighted by Gasteiger charge is 1.98. The van der Waals surface area contributed by atoms with Crippen LogP contribution in [0.4, 0.5) is 0 Å². The van der Waals surface area contributed by atoms with Crippen LogP contribution >= 0.6 is 15.9 Å². The zero-order valence-electron chi connectivity index (χ0n) is 6.29. The summed E-state index contributed by atoms with van der Waals surface area (Å²) in [6.45, 7) is 1.75. The van der Waals surface area contributed by atoms with Crippen LogP contribution in [-0.2, 0) is 6.42 Å². The standard InChI is InChI=1S/C8H10BrNO/c1-6(11)4-8-3-2-7(9)5-10-8/h2-3,5-6,11H,4H2,1H3/t6-/m0/s1. The van der Waals surface area contributed by atoms with Crippen LogP contribution in [0.2, 0.25) is 0 Å². The smallest absolute Gasteiger partial charge is 0.0567 e. The Morgan fingerprint density at radius 2 is 2.36 bits per heavy atom. The molecule has 1 aromatic rings. The molecule has 0 aliphatic carbocycles. The van der Waals surface area contributed by atoms with Gasteiger partial charge in [-0.25, -0.2) is 0 Å². The summed E-state index contributed by atoms with van der Waals surface area (Å²) >= 11 is 3.29. The minimum atomic E-state index is -0.316. The number of pyridine rings is 1. The van der Waals surface area contributed by atoms with Gasteiger partial charge in [-0.2, -0.15) is 0 Å². The van der Waals surface area contributed by atoms with E-state index in [2.05, 4.69) is 20.9 Å². The second-order valence-electron chi connectivity index (χ2n) is 2.52. The Labute approximate surface area is 74.4 Å². The minimum Gasteiger partial charge on any atom is -0.393 e. The quantitative estimate of drug-likeness (QED) is 0.817. The molecule has 11 heavy (non-hydrogen) atoms. The van der Waals surface area contributed by atoms with Gasteiger partial charge in [-0.1, -0.05) is 0 Å². The van der Waals surface area contributed by atoms with Gasteiger partial charge >= 0.3 is 0 Å². The summed E-state index contributed by atoms with van der Waals surface area (Å²) < 4.78 is 0.965. The number of aliphatic hydroxyl groups excluding tert-OH is 1. The van der Waals surface area contributed by atoms with E-state index < -0.39 is 0 Å². The van der Waals surface area contributed by atoms with E-state index in [0.29, 0.717) is 6.42 Å². The molecule has 60 valence electrons. The van der Waals surface area contributed by atoms with Crippen LogP contribution < -0.4 is 0 Å². The molecule has 0 saturated carbocycles. The van der Waals surface area contributed by atoms with Gasteiger partial charge < -0.3 is 5.11 Å². The molecule has 1 N–H and O–H groups in total. The second-order valence-corrected chi connectivity index (χ2v) is 3.44. The van der Waals surface area contributed by atoms with Crippen molar-refractivity contribution in [2.24, 2.45) is 0 Å². The van der Waals surface area contributed by atoms with E-state index in [1.165, 1.54) is 0 Å². The minimum absolute atomic E-state index is 0.316. The molecule has 1 rings (SSSR count). The van der Waals surface area contributed by atoms with Crippen LogP contribution in [-0.4, -0.2) is 16.2 Å². The Hall–Kier alpha value is -0.410. The molecule has 1 aromatic heterocycles. The summed E-state index contributed by atoms with van der Waals surface area (Å²) in [6, 6.07) is 3.82. The number of aromatic nitrogens is 1. The van der Waals surface area contributed by atoms with Gasteiger partial charge in [0.25, 0.3) is 0 Å². The maximum Gasteiger partial charge on any atom is 0.0567 e. The number of hydrogen-bond donors (Lipinski definition) is 1. The summed E-state index contributed by atoms with van der Waals surface area (Å²) in [5.41, 5.74) is 0.920. The topological polar surface area (TPSA) is 33.1 Å². The SMILES string of the molecule is C[C@H](O)Cc1ccc(Br)cn1. The van der Waals surface area contributed by atoms with Crippen LogP contribution in [0.15, 0.2) is 22.8 Å². The predicted molar refractivity (Wildman–Crippen MR) is 47.3 cm³/mol. The Morgan fingerprint density at radius 1 is 1.64 bits per heavy atom. The molecule has 2 nitrogen and oxygen atoms in total. The maximum absolute atomic E-state index is 9.02. The lowest BCUT2D eigenvalue weighted by Gasteiger charge is -2.02. The van der Waals surface area contributed by atoms with Crippen molar-refractivity contribution < 1.29 is 5.11 Å². The molecule has 0 radical (unpaired) electrons. The van der Waals surface area contributed by atoms with E-state index >= 15 is 0 Å². The molecule has 0 spiro atoms. The zero-order valence-corrected chi connectivity index (χ0v) is 7.87. The fourth-order valence-corrected chi connectivity index (χ4v) is 1.06. The molecule has 0 aromatic carbocycles. The molecular weight excluding hydrogens is 206 g/mol. The molecule has 3 heteroatoms. The van der Waals surface area contributed by atoms with E-state index in [1.807, 2.05) is 12.1 Å². The van der Waals surface area contributed by atoms with Gasteiger partial charge in [-0.3, -0.25) is 4.98 Å². The van der Waals surface area contributed by atoms with Crippen molar-refractivity contribution in [2.45, 2.75) is 19.4 Å². The summed E-state index contributed by atoms with van der Waals surface area (Å²) in [4.78, 5) is 4.11. The van der Waals surface area contributed by atoms with Crippen molar-refractivity contribution in [1.82, 2.24) is 4.98 Å². The maximum atomic E-state index is 9.02. The molecule has 0 bridgehead atoms. The molecule has 0 fully saturated rings. The average molecular weight is 216 g/mol. The van der Waals surface area contributed by atoms with E-state index in [4.69, 9.17) is 5.11 Å². The first kappa shape index (κ1) is 8.68. The first-order chi connectivity index (χ1) is 5.18. The largest absolute Gasteiger partial charge is 0.393 e. The normalized spacial score (nSPS) is 13.0. The fourth-order valence-electron chi connectivity index (χ4n) is 0.830. The van der Waals surface area contributed by atoms with Gasteiger partial charge in [-0.05, 0) is 35.0 Å². The van der Waals surface area contributed by atoms with Crippen molar-refractivity contribution in [3.8, 4) is 0 Å². The number of nitrogens with zero attached hydrogens (tertiary/aromatic N) is 1. The molecule has 0 unspecified atom stereocenters. The van der Waals surface area contributed by atoms with Crippen molar-refractivity contribution in [3.05, 3.63) is 28.5 Å². The first-order valence-corrected chi connectivity index (χ1v) is 4.26. The lowest BCUT2D eigenvalue weighted by Crippen LogP contribution is -2.05. The van der Waals surface area contributed by atoms with Crippen molar-refractivity contribution in [1.29, 1.82) is 0 Å². The molecule has 0 saturated heterocycles. The third kappa shape index (κ3) is 2.99. The molecule has 1 atom stereocenters. The van der Waals surface area contributed by atoms with Crippen LogP contribution in [0.5, 0.6) is 0 Å². The summed E-state index contributed by atoms with van der Waals surface area (Å²) in [6.07, 6.45) is 2.04. The van der Waals surface area contributed by atoms with Crippen LogP contribution in [0.3, 0.4) is 0 Å².